The normalized spacial score (nSPS) is 19.5. The van der Waals surface area contributed by atoms with Gasteiger partial charge in [-0.1, -0.05) is 0 Å². The van der Waals surface area contributed by atoms with Gasteiger partial charge >= 0.3 is 11.7 Å². The summed E-state index contributed by atoms with van der Waals surface area (Å²) in [5.41, 5.74) is 0.423. The van der Waals surface area contributed by atoms with E-state index in [4.69, 9.17) is 9.47 Å². The number of likely N-dealkylation sites (N-methyl/N-ethyl adjacent to an activating group) is 1. The Kier molecular flexibility index (Phi) is 7.90. The Morgan fingerprint density at radius 2 is 2.04 bits per heavy atom. The van der Waals surface area contributed by atoms with Crippen molar-refractivity contribution in [3.05, 3.63) is 22.0 Å². The first-order chi connectivity index (χ1) is 13.0. The van der Waals surface area contributed by atoms with E-state index in [0.717, 1.165) is 32.1 Å². The van der Waals surface area contributed by atoms with Crippen molar-refractivity contribution in [2.24, 2.45) is 11.8 Å². The Labute approximate surface area is 159 Å². The Morgan fingerprint density at radius 3 is 2.63 bits per heavy atom. The number of esters is 1. The van der Waals surface area contributed by atoms with Crippen molar-refractivity contribution in [1.29, 1.82) is 0 Å². The maximum Gasteiger partial charge on any atom is 0.309 e. The van der Waals surface area contributed by atoms with E-state index < -0.39 is 4.92 Å². The van der Waals surface area contributed by atoms with Gasteiger partial charge in [0.2, 0.25) is 5.95 Å². The highest BCUT2D eigenvalue weighted by atomic mass is 16.6. The van der Waals surface area contributed by atoms with Gasteiger partial charge in [-0.05, 0) is 44.4 Å². The third-order valence-corrected chi connectivity index (χ3v) is 5.17. The smallest absolute Gasteiger partial charge is 0.309 e. The van der Waals surface area contributed by atoms with Crippen LogP contribution in [0.2, 0.25) is 0 Å². The van der Waals surface area contributed by atoms with Crippen LogP contribution >= 0.6 is 0 Å². The fraction of sp³-hybridized carbons (Fsp3) is 0.722. The van der Waals surface area contributed by atoms with Crippen molar-refractivity contribution in [3.63, 3.8) is 0 Å². The van der Waals surface area contributed by atoms with Crippen LogP contribution in [0.25, 0.3) is 0 Å². The van der Waals surface area contributed by atoms with Gasteiger partial charge in [0.05, 0.1) is 24.6 Å². The van der Waals surface area contributed by atoms with Gasteiger partial charge in [0.1, 0.15) is 11.9 Å². The first kappa shape index (κ1) is 21.0. The predicted octanol–water partition coefficient (Wildman–Crippen LogP) is 2.38. The van der Waals surface area contributed by atoms with Gasteiger partial charge in [-0.3, -0.25) is 14.9 Å². The van der Waals surface area contributed by atoms with Crippen molar-refractivity contribution in [3.8, 4) is 0 Å². The number of methoxy groups -OCH3 is 2. The molecular weight excluding hydrogens is 352 g/mol. The third-order valence-electron chi connectivity index (χ3n) is 5.17. The number of anilines is 1. The van der Waals surface area contributed by atoms with Gasteiger partial charge in [-0.15, -0.1) is 0 Å². The molecule has 1 aliphatic carbocycles. The van der Waals surface area contributed by atoms with Crippen LogP contribution in [-0.2, 0) is 20.7 Å². The summed E-state index contributed by atoms with van der Waals surface area (Å²) in [6.07, 6.45) is 6.11. The number of nitro groups is 1. The highest BCUT2D eigenvalue weighted by Gasteiger charge is 2.27. The number of rotatable bonds is 9. The molecule has 0 atom stereocenters. The molecule has 1 aromatic heterocycles. The van der Waals surface area contributed by atoms with Crippen LogP contribution in [-0.4, -0.2) is 55.3 Å². The molecule has 0 amide bonds. The van der Waals surface area contributed by atoms with Crippen LogP contribution in [0.1, 0.15) is 37.8 Å². The van der Waals surface area contributed by atoms with Gasteiger partial charge in [0.25, 0.3) is 0 Å². The first-order valence-electron chi connectivity index (χ1n) is 9.24. The number of hydrogen-bond donors (Lipinski definition) is 0. The van der Waals surface area contributed by atoms with E-state index in [-0.39, 0.29) is 17.6 Å². The fourth-order valence-electron chi connectivity index (χ4n) is 3.44. The molecule has 0 aliphatic heterocycles. The fourth-order valence-corrected chi connectivity index (χ4v) is 3.44. The molecule has 0 unspecified atom stereocenters. The summed E-state index contributed by atoms with van der Waals surface area (Å²) in [6.45, 7) is 1.13. The molecule has 150 valence electrons. The van der Waals surface area contributed by atoms with Crippen LogP contribution in [0.15, 0.2) is 6.20 Å². The molecule has 9 nitrogen and oxygen atoms in total. The number of carbonyl (C=O) groups excluding carboxylic acids is 1. The largest absolute Gasteiger partial charge is 0.469 e. The minimum absolute atomic E-state index is 0.0133. The summed E-state index contributed by atoms with van der Waals surface area (Å²) >= 11 is 0. The Balaban J connectivity index is 1.99. The maximum absolute atomic E-state index is 11.6. The lowest BCUT2D eigenvalue weighted by atomic mass is 9.80. The van der Waals surface area contributed by atoms with Crippen molar-refractivity contribution < 1.29 is 19.2 Å². The molecule has 1 fully saturated rings. The average Bonchev–Trinajstić information content (AvgIpc) is 2.69. The molecule has 0 N–H and O–H groups in total. The summed E-state index contributed by atoms with van der Waals surface area (Å²) in [5, 5.41) is 11.3. The van der Waals surface area contributed by atoms with Crippen LogP contribution in [0.4, 0.5) is 11.6 Å². The topological polar surface area (TPSA) is 108 Å². The lowest BCUT2D eigenvalue weighted by Gasteiger charge is -2.26. The summed E-state index contributed by atoms with van der Waals surface area (Å²) in [4.78, 5) is 32.9. The molecule has 1 aliphatic rings. The van der Waals surface area contributed by atoms with Gasteiger partial charge in [0.15, 0.2) is 0 Å². The van der Waals surface area contributed by atoms with Crippen molar-refractivity contribution in [1.82, 2.24) is 9.97 Å². The molecule has 1 aromatic rings. The molecule has 1 saturated carbocycles. The van der Waals surface area contributed by atoms with Crippen LogP contribution in [0, 0.1) is 22.0 Å². The van der Waals surface area contributed by atoms with E-state index in [0.29, 0.717) is 37.1 Å². The molecule has 27 heavy (non-hydrogen) atoms. The zero-order chi connectivity index (χ0) is 19.8. The van der Waals surface area contributed by atoms with Crippen molar-refractivity contribution in [2.45, 2.75) is 38.5 Å². The first-order valence-corrected chi connectivity index (χ1v) is 9.24. The van der Waals surface area contributed by atoms with Gasteiger partial charge in [-0.2, -0.15) is 0 Å². The SMILES string of the molecule is COCCN(C)c1ncc([N+](=O)[O-])c(CCC2CCC(C(=O)OC)CC2)n1. The standard InChI is InChI=1S/C18H28N4O5/c1-21(10-11-26-2)18-19-12-16(22(24)25)15(20-18)9-6-13-4-7-14(8-5-13)17(23)27-3/h12-14H,4-11H2,1-3H3. The molecule has 0 spiro atoms. The number of hydrogen-bond acceptors (Lipinski definition) is 8. The summed E-state index contributed by atoms with van der Waals surface area (Å²) in [5.74, 6) is 0.751. The summed E-state index contributed by atoms with van der Waals surface area (Å²) in [7, 11) is 4.87. The quantitative estimate of drug-likeness (QED) is 0.365. The molecule has 0 aromatic carbocycles. The summed E-state index contributed by atoms with van der Waals surface area (Å²) in [6, 6.07) is 0. The molecule has 0 saturated heterocycles. The number of ether oxygens (including phenoxy) is 2. The van der Waals surface area contributed by atoms with Crippen LogP contribution in [0.3, 0.4) is 0 Å². The van der Waals surface area contributed by atoms with Crippen LogP contribution < -0.4 is 4.90 Å². The van der Waals surface area contributed by atoms with E-state index in [1.54, 1.807) is 7.11 Å². The van der Waals surface area contributed by atoms with E-state index >= 15 is 0 Å². The van der Waals surface area contributed by atoms with Gasteiger partial charge < -0.3 is 14.4 Å². The zero-order valence-electron chi connectivity index (χ0n) is 16.2. The van der Waals surface area contributed by atoms with E-state index in [2.05, 4.69) is 9.97 Å². The number of carbonyl (C=O) groups is 1. The van der Waals surface area contributed by atoms with Gasteiger partial charge in [0, 0.05) is 20.7 Å². The van der Waals surface area contributed by atoms with E-state index in [9.17, 15) is 14.9 Å². The second kappa shape index (κ2) is 10.1. The lowest BCUT2D eigenvalue weighted by Crippen LogP contribution is -2.25. The van der Waals surface area contributed by atoms with E-state index in [1.807, 2.05) is 11.9 Å². The Bertz CT molecular complexity index is 647. The Hall–Kier alpha value is -2.29. The minimum Gasteiger partial charge on any atom is -0.469 e. The predicted molar refractivity (Wildman–Crippen MR) is 99.6 cm³/mol. The van der Waals surface area contributed by atoms with Gasteiger partial charge in [-0.25, -0.2) is 9.97 Å². The Morgan fingerprint density at radius 1 is 1.33 bits per heavy atom. The average molecular weight is 380 g/mol. The molecule has 2 rings (SSSR count). The monoisotopic (exact) mass is 380 g/mol. The lowest BCUT2D eigenvalue weighted by molar-refractivity contribution is -0.386. The highest BCUT2D eigenvalue weighted by molar-refractivity contribution is 5.72. The molecule has 0 radical (unpaired) electrons. The minimum atomic E-state index is -0.428. The number of nitrogens with zero attached hydrogens (tertiary/aromatic N) is 4. The van der Waals surface area contributed by atoms with Crippen molar-refractivity contribution >= 4 is 17.6 Å². The second-order valence-electron chi connectivity index (χ2n) is 6.95. The number of aryl methyl sites for hydroxylation is 1. The van der Waals surface area contributed by atoms with E-state index in [1.165, 1.54) is 13.3 Å². The van der Waals surface area contributed by atoms with Crippen molar-refractivity contribution in [2.75, 3.05) is 39.3 Å². The summed E-state index contributed by atoms with van der Waals surface area (Å²) < 4.78 is 9.86. The highest BCUT2D eigenvalue weighted by Crippen LogP contribution is 2.33. The number of aromatic nitrogens is 2. The second-order valence-corrected chi connectivity index (χ2v) is 6.95. The molecule has 0 bridgehead atoms. The third kappa shape index (κ3) is 5.85. The molecule has 9 heteroatoms. The van der Waals surface area contributed by atoms with Crippen LogP contribution in [0.5, 0.6) is 0 Å². The maximum atomic E-state index is 11.6. The molecule has 1 heterocycles. The molecular formula is C18H28N4O5. The zero-order valence-corrected chi connectivity index (χ0v) is 16.2.